The fourth-order valence-corrected chi connectivity index (χ4v) is 4.65. The van der Waals surface area contributed by atoms with Gasteiger partial charge in [0.1, 0.15) is 6.23 Å². The SMILES string of the molecule is C[C@@H]1CN(c2cc3nn(C4CCCCO4)cc3cc2Oc2ccc([N+](=O)[O-])cc2F)C[C@H](C)O1. The molecular formula is C24H27FN4O5. The zero-order valence-electron chi connectivity index (χ0n) is 19.1. The fraction of sp³-hybridized carbons (Fsp3) is 0.458. The van der Waals surface area contributed by atoms with Gasteiger partial charge in [0.05, 0.1) is 34.4 Å². The smallest absolute Gasteiger partial charge is 0.272 e. The van der Waals surface area contributed by atoms with Gasteiger partial charge in [-0.05, 0) is 51.3 Å². The summed E-state index contributed by atoms with van der Waals surface area (Å²) in [6.07, 6.45) is 4.87. The average Bonchev–Trinajstić information content (AvgIpc) is 3.23. The highest BCUT2D eigenvalue weighted by atomic mass is 19.1. The molecule has 180 valence electrons. The maximum absolute atomic E-state index is 14.7. The van der Waals surface area contributed by atoms with Gasteiger partial charge in [-0.25, -0.2) is 9.07 Å². The minimum absolute atomic E-state index is 0.0107. The Balaban J connectivity index is 1.55. The molecule has 2 aliphatic rings. The van der Waals surface area contributed by atoms with Gasteiger partial charge in [-0.2, -0.15) is 5.10 Å². The van der Waals surface area contributed by atoms with Gasteiger partial charge < -0.3 is 19.1 Å². The van der Waals surface area contributed by atoms with E-state index in [4.69, 9.17) is 19.3 Å². The van der Waals surface area contributed by atoms with Crippen molar-refractivity contribution < 1.29 is 23.5 Å². The maximum atomic E-state index is 14.7. The topological polar surface area (TPSA) is 91.9 Å². The first-order valence-corrected chi connectivity index (χ1v) is 11.5. The van der Waals surface area contributed by atoms with Gasteiger partial charge in [0, 0.05) is 37.3 Å². The van der Waals surface area contributed by atoms with Crippen LogP contribution in [0.2, 0.25) is 0 Å². The quantitative estimate of drug-likeness (QED) is 0.374. The number of hydrogen-bond acceptors (Lipinski definition) is 7. The number of hydrogen-bond donors (Lipinski definition) is 0. The van der Waals surface area contributed by atoms with Gasteiger partial charge in [-0.1, -0.05) is 0 Å². The summed E-state index contributed by atoms with van der Waals surface area (Å²) < 4.78 is 34.3. The maximum Gasteiger partial charge on any atom is 0.272 e. The summed E-state index contributed by atoms with van der Waals surface area (Å²) in [5.41, 5.74) is 1.22. The highest BCUT2D eigenvalue weighted by Crippen LogP contribution is 2.39. The van der Waals surface area contributed by atoms with Crippen molar-refractivity contribution in [1.29, 1.82) is 0 Å². The summed E-state index contributed by atoms with van der Waals surface area (Å²) in [6, 6.07) is 7.16. The lowest BCUT2D eigenvalue weighted by atomic mass is 10.1. The summed E-state index contributed by atoms with van der Waals surface area (Å²) in [6.45, 7) is 6.01. The van der Waals surface area contributed by atoms with Gasteiger partial charge in [0.2, 0.25) is 0 Å². The fourth-order valence-electron chi connectivity index (χ4n) is 4.65. The zero-order valence-corrected chi connectivity index (χ0v) is 19.1. The second kappa shape index (κ2) is 9.19. The first kappa shape index (κ1) is 22.5. The molecule has 0 N–H and O–H groups in total. The van der Waals surface area contributed by atoms with E-state index < -0.39 is 10.7 Å². The first-order valence-electron chi connectivity index (χ1n) is 11.5. The summed E-state index contributed by atoms with van der Waals surface area (Å²) >= 11 is 0. The van der Waals surface area contributed by atoms with E-state index in [2.05, 4.69) is 4.90 Å². The van der Waals surface area contributed by atoms with Crippen molar-refractivity contribution >= 4 is 22.3 Å². The number of non-ortho nitro benzene ring substituents is 1. The van der Waals surface area contributed by atoms with Gasteiger partial charge >= 0.3 is 0 Å². The third kappa shape index (κ3) is 4.55. The van der Waals surface area contributed by atoms with Crippen LogP contribution in [0.25, 0.3) is 10.9 Å². The van der Waals surface area contributed by atoms with Crippen LogP contribution in [0.1, 0.15) is 39.3 Å². The first-order chi connectivity index (χ1) is 16.4. The number of anilines is 1. The monoisotopic (exact) mass is 470 g/mol. The Morgan fingerprint density at radius 3 is 2.62 bits per heavy atom. The molecule has 0 spiro atoms. The summed E-state index contributed by atoms with van der Waals surface area (Å²) in [5, 5.41) is 16.6. The Labute approximate surface area is 196 Å². The van der Waals surface area contributed by atoms with E-state index in [9.17, 15) is 14.5 Å². The standard InChI is InChI=1S/C24H27FN4O5/c1-15-12-27(13-16(2)33-15)21-11-20-17(14-28(26-20)24-5-3-4-8-32-24)9-23(21)34-22-7-6-18(29(30)31)10-19(22)25/h6-7,9-11,14-16,24H,3-5,8,12-13H2,1-2H3/t15-,16+,24?. The lowest BCUT2D eigenvalue weighted by Crippen LogP contribution is -2.45. The third-order valence-electron chi connectivity index (χ3n) is 6.16. The highest BCUT2D eigenvalue weighted by Gasteiger charge is 2.27. The van der Waals surface area contributed by atoms with E-state index in [1.165, 1.54) is 12.1 Å². The number of morpholine rings is 1. The number of nitro groups is 1. The van der Waals surface area contributed by atoms with Crippen molar-refractivity contribution in [3.8, 4) is 11.5 Å². The number of nitrogens with zero attached hydrogens (tertiary/aromatic N) is 4. The molecule has 1 aromatic heterocycles. The lowest BCUT2D eigenvalue weighted by molar-refractivity contribution is -0.385. The molecule has 3 aromatic rings. The predicted octanol–water partition coefficient (Wildman–Crippen LogP) is 5.19. The largest absolute Gasteiger partial charge is 0.452 e. The van der Waals surface area contributed by atoms with Crippen LogP contribution in [-0.2, 0) is 9.47 Å². The number of fused-ring (bicyclic) bond motifs is 1. The van der Waals surface area contributed by atoms with Crippen molar-refractivity contribution in [3.05, 3.63) is 52.5 Å². The third-order valence-corrected chi connectivity index (χ3v) is 6.16. The molecule has 2 aliphatic heterocycles. The summed E-state index contributed by atoms with van der Waals surface area (Å²) in [4.78, 5) is 12.5. The van der Waals surface area contributed by atoms with Gasteiger partial charge in [-0.15, -0.1) is 0 Å². The normalized spacial score (nSPS) is 23.3. The van der Waals surface area contributed by atoms with E-state index >= 15 is 0 Å². The van der Waals surface area contributed by atoms with Crippen molar-refractivity contribution in [2.75, 3.05) is 24.6 Å². The van der Waals surface area contributed by atoms with Crippen molar-refractivity contribution in [2.45, 2.75) is 51.5 Å². The molecule has 0 saturated carbocycles. The highest BCUT2D eigenvalue weighted by molar-refractivity contribution is 5.86. The Hall–Kier alpha value is -3.24. The molecule has 3 heterocycles. The molecule has 9 nitrogen and oxygen atoms in total. The van der Waals surface area contributed by atoms with Crippen LogP contribution in [0, 0.1) is 15.9 Å². The minimum Gasteiger partial charge on any atom is -0.452 e. The van der Waals surface area contributed by atoms with Gasteiger partial charge in [-0.3, -0.25) is 10.1 Å². The second-order valence-electron chi connectivity index (χ2n) is 8.95. The molecule has 10 heteroatoms. The molecule has 0 aliphatic carbocycles. The summed E-state index contributed by atoms with van der Waals surface area (Å²) in [7, 11) is 0. The van der Waals surface area contributed by atoms with Crippen molar-refractivity contribution in [3.63, 3.8) is 0 Å². The van der Waals surface area contributed by atoms with Crippen LogP contribution >= 0.6 is 0 Å². The lowest BCUT2D eigenvalue weighted by Gasteiger charge is -2.37. The molecule has 2 aromatic carbocycles. The molecule has 5 rings (SSSR count). The van der Waals surface area contributed by atoms with E-state index in [0.29, 0.717) is 25.4 Å². The molecule has 0 radical (unpaired) electrons. The van der Waals surface area contributed by atoms with Crippen LogP contribution in [0.4, 0.5) is 15.8 Å². The predicted molar refractivity (Wildman–Crippen MR) is 124 cm³/mol. The van der Waals surface area contributed by atoms with E-state index in [-0.39, 0.29) is 29.9 Å². The molecule has 0 bridgehead atoms. The molecular weight excluding hydrogens is 443 g/mol. The molecule has 2 saturated heterocycles. The Bertz CT molecular complexity index is 1200. The van der Waals surface area contributed by atoms with E-state index in [1.807, 2.05) is 36.9 Å². The van der Waals surface area contributed by atoms with Crippen LogP contribution in [0.15, 0.2) is 36.5 Å². The molecule has 2 fully saturated rings. The molecule has 3 atom stereocenters. The summed E-state index contributed by atoms with van der Waals surface area (Å²) in [5.74, 6) is -0.426. The number of rotatable bonds is 5. The zero-order chi connectivity index (χ0) is 23.8. The van der Waals surface area contributed by atoms with Gasteiger partial charge in [0.15, 0.2) is 17.3 Å². The Morgan fingerprint density at radius 2 is 1.94 bits per heavy atom. The van der Waals surface area contributed by atoms with Crippen molar-refractivity contribution in [2.24, 2.45) is 0 Å². The van der Waals surface area contributed by atoms with Crippen LogP contribution < -0.4 is 9.64 Å². The Kier molecular flexibility index (Phi) is 6.09. The van der Waals surface area contributed by atoms with Crippen molar-refractivity contribution in [1.82, 2.24) is 9.78 Å². The van der Waals surface area contributed by atoms with Gasteiger partial charge in [0.25, 0.3) is 5.69 Å². The van der Waals surface area contributed by atoms with E-state index in [0.717, 1.165) is 41.9 Å². The van der Waals surface area contributed by atoms with Crippen LogP contribution in [0.3, 0.4) is 0 Å². The van der Waals surface area contributed by atoms with Crippen LogP contribution in [0.5, 0.6) is 11.5 Å². The molecule has 0 amide bonds. The second-order valence-corrected chi connectivity index (χ2v) is 8.95. The minimum atomic E-state index is -0.796. The average molecular weight is 471 g/mol. The van der Waals surface area contributed by atoms with E-state index in [1.54, 1.807) is 0 Å². The molecule has 1 unspecified atom stereocenters. The number of aromatic nitrogens is 2. The number of halogens is 1. The Morgan fingerprint density at radius 1 is 1.15 bits per heavy atom. The molecule has 34 heavy (non-hydrogen) atoms. The number of benzene rings is 2. The number of nitro benzene ring substituents is 1. The number of ether oxygens (including phenoxy) is 3. The van der Waals surface area contributed by atoms with Crippen LogP contribution in [-0.4, -0.2) is 46.6 Å².